The van der Waals surface area contributed by atoms with E-state index in [-0.39, 0.29) is 5.75 Å². The lowest BCUT2D eigenvalue weighted by molar-refractivity contribution is 0.207. The summed E-state index contributed by atoms with van der Waals surface area (Å²) in [4.78, 5) is 5.26. The van der Waals surface area contributed by atoms with Crippen LogP contribution in [-0.2, 0) is 4.74 Å². The molecule has 0 aliphatic heterocycles. The number of phenols is 1. The summed E-state index contributed by atoms with van der Waals surface area (Å²) in [6, 6.07) is 8.74. The van der Waals surface area contributed by atoms with Gasteiger partial charge in [-0.05, 0) is 51.8 Å². The molecule has 6 nitrogen and oxygen atoms in total. The SMILES string of the molecule is COCCN=c1scc(-c2ccc(Cl)cc2Cl)n1N=Cc1cc(Br)c(O)c(OC)c1. The third-order valence-electron chi connectivity index (χ3n) is 4.03. The molecule has 1 N–H and O–H groups in total. The van der Waals surface area contributed by atoms with Crippen molar-refractivity contribution >= 4 is 56.7 Å². The highest BCUT2D eigenvalue weighted by Gasteiger charge is 2.12. The number of ether oxygens (including phenoxy) is 2. The lowest BCUT2D eigenvalue weighted by atomic mass is 10.2. The quantitative estimate of drug-likeness (QED) is 0.327. The second-order valence-electron chi connectivity index (χ2n) is 6.01. The van der Waals surface area contributed by atoms with E-state index in [4.69, 9.17) is 32.7 Å². The second-order valence-corrected chi connectivity index (χ2v) is 8.55. The van der Waals surface area contributed by atoms with Crippen molar-refractivity contribution in [2.75, 3.05) is 27.4 Å². The van der Waals surface area contributed by atoms with Crippen molar-refractivity contribution in [3.05, 3.63) is 60.6 Å². The Kier molecular flexibility index (Phi) is 7.96. The van der Waals surface area contributed by atoms with Crippen LogP contribution in [0.3, 0.4) is 0 Å². The number of thiazole rings is 1. The Hall–Kier alpha value is -1.84. The van der Waals surface area contributed by atoms with Crippen LogP contribution in [0, 0.1) is 0 Å². The fourth-order valence-corrected chi connectivity index (χ4v) is 4.40. The Labute approximate surface area is 196 Å². The molecule has 0 fully saturated rings. The van der Waals surface area contributed by atoms with E-state index in [1.807, 2.05) is 11.4 Å². The molecule has 3 rings (SSSR count). The van der Waals surface area contributed by atoms with E-state index in [0.29, 0.717) is 38.2 Å². The Morgan fingerprint density at radius 1 is 1.23 bits per heavy atom. The van der Waals surface area contributed by atoms with E-state index in [2.05, 4.69) is 26.0 Å². The molecule has 0 atom stereocenters. The fraction of sp³-hybridized carbons (Fsp3) is 0.200. The van der Waals surface area contributed by atoms with E-state index in [1.54, 1.807) is 42.3 Å². The molecule has 0 spiro atoms. The van der Waals surface area contributed by atoms with Crippen molar-refractivity contribution in [3.8, 4) is 22.8 Å². The first kappa shape index (κ1) is 22.8. The Bertz CT molecular complexity index is 1140. The normalized spacial score (nSPS) is 12.1. The van der Waals surface area contributed by atoms with Gasteiger partial charge in [-0.15, -0.1) is 11.3 Å². The topological polar surface area (TPSA) is 68.3 Å². The highest BCUT2D eigenvalue weighted by atomic mass is 79.9. The van der Waals surface area contributed by atoms with Gasteiger partial charge in [0.05, 0.1) is 41.7 Å². The average Bonchev–Trinajstić information content (AvgIpc) is 3.11. The second kappa shape index (κ2) is 10.5. The molecule has 3 aromatic rings. The first-order valence-electron chi connectivity index (χ1n) is 8.71. The summed E-state index contributed by atoms with van der Waals surface area (Å²) in [6.45, 7) is 1.000. The lowest BCUT2D eigenvalue weighted by Crippen LogP contribution is -2.14. The van der Waals surface area contributed by atoms with Crippen LogP contribution in [0.25, 0.3) is 11.3 Å². The van der Waals surface area contributed by atoms with Crippen LogP contribution in [0.5, 0.6) is 11.5 Å². The summed E-state index contributed by atoms with van der Waals surface area (Å²) in [6.07, 6.45) is 1.65. The third-order valence-corrected chi connectivity index (χ3v) is 6.03. The number of benzene rings is 2. The Morgan fingerprint density at radius 2 is 2.03 bits per heavy atom. The van der Waals surface area contributed by atoms with Gasteiger partial charge in [0.25, 0.3) is 0 Å². The van der Waals surface area contributed by atoms with Crippen molar-refractivity contribution in [2.24, 2.45) is 10.1 Å². The maximum absolute atomic E-state index is 10.0. The predicted octanol–water partition coefficient (Wildman–Crippen LogP) is 5.43. The van der Waals surface area contributed by atoms with Crippen molar-refractivity contribution in [2.45, 2.75) is 0 Å². The van der Waals surface area contributed by atoms with E-state index < -0.39 is 0 Å². The van der Waals surface area contributed by atoms with Crippen LogP contribution in [-0.4, -0.2) is 43.4 Å². The minimum atomic E-state index is 0.0294. The number of hydrogen-bond acceptors (Lipinski definition) is 6. The van der Waals surface area contributed by atoms with Gasteiger partial charge in [-0.3, -0.25) is 4.99 Å². The number of methoxy groups -OCH3 is 2. The molecule has 0 aliphatic carbocycles. The first-order valence-corrected chi connectivity index (χ1v) is 11.1. The first-order chi connectivity index (χ1) is 14.4. The van der Waals surface area contributed by atoms with Gasteiger partial charge in [0.15, 0.2) is 11.5 Å². The number of hydrogen-bond donors (Lipinski definition) is 1. The van der Waals surface area contributed by atoms with Gasteiger partial charge < -0.3 is 14.6 Å². The molecule has 0 aliphatic rings. The van der Waals surface area contributed by atoms with Crippen LogP contribution >= 0.6 is 50.5 Å². The van der Waals surface area contributed by atoms with Crippen molar-refractivity contribution in [1.82, 2.24) is 4.68 Å². The fourth-order valence-electron chi connectivity index (χ4n) is 2.58. The van der Waals surface area contributed by atoms with Gasteiger partial charge >= 0.3 is 0 Å². The molecule has 0 saturated carbocycles. The summed E-state index contributed by atoms with van der Waals surface area (Å²) in [7, 11) is 3.12. The minimum absolute atomic E-state index is 0.0294. The van der Waals surface area contributed by atoms with Gasteiger partial charge in [0.2, 0.25) is 4.80 Å². The molecular formula is C20H18BrCl2N3O3S. The van der Waals surface area contributed by atoms with Crippen molar-refractivity contribution < 1.29 is 14.6 Å². The maximum atomic E-state index is 10.0. The predicted molar refractivity (Wildman–Crippen MR) is 125 cm³/mol. The van der Waals surface area contributed by atoms with Crippen LogP contribution < -0.4 is 9.54 Å². The van der Waals surface area contributed by atoms with Crippen LogP contribution in [0.4, 0.5) is 0 Å². The molecular weight excluding hydrogens is 513 g/mol. The van der Waals surface area contributed by atoms with Crippen LogP contribution in [0.2, 0.25) is 10.0 Å². The van der Waals surface area contributed by atoms with Crippen molar-refractivity contribution in [1.29, 1.82) is 0 Å². The molecule has 0 amide bonds. The molecule has 0 bridgehead atoms. The number of halogens is 3. The molecule has 0 unspecified atom stereocenters. The standard InChI is InChI=1S/C20H18BrCl2N3O3S/c1-28-6-5-24-20-26(17(11-30-20)14-4-3-13(22)9-16(14)23)25-10-12-7-15(21)19(27)18(8-12)29-2/h3-4,7-11,27H,5-6H2,1-2H3. The zero-order valence-corrected chi connectivity index (χ0v) is 20.0. The Morgan fingerprint density at radius 3 is 2.73 bits per heavy atom. The largest absolute Gasteiger partial charge is 0.503 e. The summed E-state index contributed by atoms with van der Waals surface area (Å²) < 4.78 is 12.5. The molecule has 1 heterocycles. The van der Waals surface area contributed by atoms with E-state index in [1.165, 1.54) is 18.4 Å². The smallest absolute Gasteiger partial charge is 0.206 e. The summed E-state index contributed by atoms with van der Waals surface area (Å²) in [5.41, 5.74) is 2.29. The average molecular weight is 531 g/mol. The number of rotatable bonds is 7. The maximum Gasteiger partial charge on any atom is 0.206 e. The summed E-state index contributed by atoms with van der Waals surface area (Å²) in [5.74, 6) is 0.369. The Balaban J connectivity index is 2.09. The summed E-state index contributed by atoms with van der Waals surface area (Å²) >= 11 is 17.2. The molecule has 10 heteroatoms. The number of nitrogens with zero attached hydrogens (tertiary/aromatic N) is 3. The third kappa shape index (κ3) is 5.25. The zero-order chi connectivity index (χ0) is 21.7. The molecule has 1 aromatic heterocycles. The van der Waals surface area contributed by atoms with E-state index in [9.17, 15) is 5.11 Å². The van der Waals surface area contributed by atoms with Gasteiger partial charge in [-0.25, -0.2) is 4.68 Å². The van der Waals surface area contributed by atoms with Gasteiger partial charge in [-0.2, -0.15) is 5.10 Å². The van der Waals surface area contributed by atoms with Crippen molar-refractivity contribution in [3.63, 3.8) is 0 Å². The van der Waals surface area contributed by atoms with Gasteiger partial charge in [0, 0.05) is 23.1 Å². The zero-order valence-electron chi connectivity index (χ0n) is 16.1. The molecule has 158 valence electrons. The highest BCUT2D eigenvalue weighted by Crippen LogP contribution is 2.35. The number of aromatic hydroxyl groups is 1. The van der Waals surface area contributed by atoms with E-state index in [0.717, 1.165) is 16.8 Å². The van der Waals surface area contributed by atoms with Crippen LogP contribution in [0.1, 0.15) is 5.56 Å². The van der Waals surface area contributed by atoms with Crippen LogP contribution in [0.15, 0.2) is 50.3 Å². The summed E-state index contributed by atoms with van der Waals surface area (Å²) in [5, 5.41) is 17.6. The highest BCUT2D eigenvalue weighted by molar-refractivity contribution is 9.10. The van der Waals surface area contributed by atoms with Gasteiger partial charge in [-0.1, -0.05) is 23.2 Å². The minimum Gasteiger partial charge on any atom is -0.503 e. The molecule has 30 heavy (non-hydrogen) atoms. The van der Waals surface area contributed by atoms with E-state index >= 15 is 0 Å². The lowest BCUT2D eigenvalue weighted by Gasteiger charge is -2.08. The van der Waals surface area contributed by atoms with Gasteiger partial charge in [0.1, 0.15) is 0 Å². The monoisotopic (exact) mass is 529 g/mol. The number of aromatic nitrogens is 1. The molecule has 0 saturated heterocycles. The molecule has 2 aromatic carbocycles. The number of phenolic OH excluding ortho intramolecular Hbond substituents is 1. The molecule has 0 radical (unpaired) electrons.